The van der Waals surface area contributed by atoms with Crippen molar-refractivity contribution in [3.63, 3.8) is 0 Å². The van der Waals surface area contributed by atoms with Gasteiger partial charge in [-0.3, -0.25) is 14.7 Å². The van der Waals surface area contributed by atoms with Gasteiger partial charge in [-0.2, -0.15) is 0 Å². The molecule has 6 nitrogen and oxygen atoms in total. The van der Waals surface area contributed by atoms with Crippen molar-refractivity contribution in [1.29, 1.82) is 0 Å². The van der Waals surface area contributed by atoms with Crippen molar-refractivity contribution in [1.82, 2.24) is 5.32 Å². The van der Waals surface area contributed by atoms with Crippen molar-refractivity contribution in [2.75, 3.05) is 12.8 Å². The summed E-state index contributed by atoms with van der Waals surface area (Å²) in [6.45, 7) is -0.439. The molecule has 0 aliphatic carbocycles. The molecule has 0 rings (SSSR count). The second-order valence-electron chi connectivity index (χ2n) is 1.64. The first-order valence-electron chi connectivity index (χ1n) is 2.39. The third kappa shape index (κ3) is 14.1. The summed E-state index contributed by atoms with van der Waals surface area (Å²) in [5.74, 6) is -1.14. The second kappa shape index (κ2) is 6.70. The first-order chi connectivity index (χ1) is 4.42. The van der Waals surface area contributed by atoms with Gasteiger partial charge >= 0.3 is 64.9 Å². The van der Waals surface area contributed by atoms with Gasteiger partial charge in [0.05, 0.1) is 12.8 Å². The van der Waals surface area contributed by atoms with Crippen LogP contribution in [0, 0.1) is 0 Å². The number of carboxylic acid groups (broad SMARTS) is 1. The second-order valence-corrected chi connectivity index (χ2v) is 3.29. The Kier molecular flexibility index (Phi) is 8.97. The van der Waals surface area contributed by atoms with Gasteiger partial charge in [-0.1, -0.05) is 0 Å². The van der Waals surface area contributed by atoms with Gasteiger partial charge in [0.25, 0.3) is 0 Å². The van der Waals surface area contributed by atoms with Gasteiger partial charge in [0.2, 0.25) is 0 Å². The molecular weight excluding hydrogens is 200 g/mol. The molecule has 0 bridgehead atoms. The molecule has 0 saturated heterocycles. The normalized spacial score (nSPS) is 10.4. The van der Waals surface area contributed by atoms with Crippen LogP contribution in [0.4, 0.5) is 0 Å². The van der Waals surface area contributed by atoms with Crippen molar-refractivity contribution >= 4 is 64.9 Å². The number of hydrogen-bond acceptors (Lipinski definition) is 3. The van der Waals surface area contributed by atoms with Crippen molar-refractivity contribution in [2.24, 2.45) is 0 Å². The number of carbonyl (C=O) groups is 1. The predicted molar refractivity (Wildman–Crippen MR) is 39.7 cm³/mol. The van der Waals surface area contributed by atoms with E-state index in [0.717, 1.165) is 0 Å². The molecule has 0 spiro atoms. The minimum absolute atomic E-state index is 0. The standard InChI is InChI=1S/C3H8NO5P.K.H/c5-3(6)1-4-2-10(7,8)9;;/h4H,1-2H2,(H,5,6)(H2,7,8,9);;. The summed E-state index contributed by atoms with van der Waals surface area (Å²) in [6.07, 6.45) is -0.598. The molecule has 4 N–H and O–H groups in total. The zero-order valence-corrected chi connectivity index (χ0v) is 5.91. The Balaban J connectivity index is 0. The van der Waals surface area contributed by atoms with E-state index >= 15 is 0 Å². The molecule has 0 aliphatic heterocycles. The number of carboxylic acids is 1. The Labute approximate surface area is 106 Å². The van der Waals surface area contributed by atoms with Crippen molar-refractivity contribution in [3.8, 4) is 0 Å². The Bertz CT molecular complexity index is 167. The molecule has 0 fully saturated rings. The van der Waals surface area contributed by atoms with Crippen molar-refractivity contribution < 1.29 is 24.3 Å². The van der Waals surface area contributed by atoms with Gasteiger partial charge in [-0.05, 0) is 0 Å². The fraction of sp³-hybridized carbons (Fsp3) is 0.667. The van der Waals surface area contributed by atoms with E-state index < -0.39 is 26.4 Å². The molecule has 0 heterocycles. The summed E-state index contributed by atoms with van der Waals surface area (Å²) < 4.78 is 10.1. The number of hydrogen-bond donors (Lipinski definition) is 4. The molecule has 0 unspecified atom stereocenters. The maximum atomic E-state index is 10.1. The molecule has 0 saturated carbocycles. The van der Waals surface area contributed by atoms with E-state index in [0.29, 0.717) is 0 Å². The molecule has 0 radical (unpaired) electrons. The summed E-state index contributed by atoms with van der Waals surface area (Å²) in [4.78, 5) is 26.1. The zero-order chi connectivity index (χ0) is 8.20. The third-order valence-electron chi connectivity index (χ3n) is 0.594. The number of rotatable bonds is 4. The molecule has 0 amide bonds. The Morgan fingerprint density at radius 1 is 1.45 bits per heavy atom. The average molecular weight is 209 g/mol. The van der Waals surface area contributed by atoms with Crippen molar-refractivity contribution in [2.45, 2.75) is 0 Å². The van der Waals surface area contributed by atoms with Gasteiger partial charge in [0, 0.05) is 0 Å². The van der Waals surface area contributed by atoms with Crippen LogP contribution >= 0.6 is 7.60 Å². The van der Waals surface area contributed by atoms with Crippen LogP contribution in [0.2, 0.25) is 0 Å². The van der Waals surface area contributed by atoms with Crippen LogP contribution in [-0.2, 0) is 9.36 Å². The summed E-state index contributed by atoms with van der Waals surface area (Å²) >= 11 is 0. The summed E-state index contributed by atoms with van der Waals surface area (Å²) in [7, 11) is -4.10. The fourth-order valence-corrected chi connectivity index (χ4v) is 0.712. The minimum atomic E-state index is -4.10. The Morgan fingerprint density at radius 3 is 2.18 bits per heavy atom. The first kappa shape index (κ1) is 14.7. The molecule has 62 valence electrons. The zero-order valence-electron chi connectivity index (χ0n) is 5.02. The molecule has 0 aromatic heterocycles. The van der Waals surface area contributed by atoms with Gasteiger partial charge in [0.1, 0.15) is 0 Å². The van der Waals surface area contributed by atoms with Crippen LogP contribution in [0.5, 0.6) is 0 Å². The quantitative estimate of drug-likeness (QED) is 0.320. The van der Waals surface area contributed by atoms with E-state index in [9.17, 15) is 9.36 Å². The molecule has 0 aromatic rings. The van der Waals surface area contributed by atoms with Gasteiger partial charge < -0.3 is 14.9 Å². The predicted octanol–water partition coefficient (Wildman–Crippen LogP) is -1.85. The van der Waals surface area contributed by atoms with Crippen LogP contribution in [-0.4, -0.2) is 85.1 Å². The molecule has 8 heteroatoms. The fourth-order valence-electron chi connectivity index (χ4n) is 0.308. The molecule has 0 aliphatic rings. The molecule has 11 heavy (non-hydrogen) atoms. The molecule has 0 atom stereocenters. The number of aliphatic carboxylic acids is 1. The Hall–Kier alpha value is 1.22. The van der Waals surface area contributed by atoms with Gasteiger partial charge in [-0.15, -0.1) is 0 Å². The third-order valence-corrected chi connectivity index (χ3v) is 1.23. The monoisotopic (exact) mass is 209 g/mol. The van der Waals surface area contributed by atoms with E-state index in [1.807, 2.05) is 0 Å². The Morgan fingerprint density at radius 2 is 1.91 bits per heavy atom. The number of nitrogens with one attached hydrogen (secondary N) is 1. The average Bonchev–Trinajstić information content (AvgIpc) is 1.59. The maximum absolute atomic E-state index is 10.1. The van der Waals surface area contributed by atoms with E-state index in [1.54, 1.807) is 0 Å². The summed E-state index contributed by atoms with van der Waals surface area (Å²) in [5.41, 5.74) is 0. The van der Waals surface area contributed by atoms with E-state index in [2.05, 4.69) is 5.32 Å². The molecule has 0 aromatic carbocycles. The van der Waals surface area contributed by atoms with Crippen LogP contribution < -0.4 is 5.32 Å². The van der Waals surface area contributed by atoms with Gasteiger partial charge in [0.15, 0.2) is 0 Å². The van der Waals surface area contributed by atoms with Crippen molar-refractivity contribution in [3.05, 3.63) is 0 Å². The topological polar surface area (TPSA) is 107 Å². The van der Waals surface area contributed by atoms with Crippen LogP contribution in [0.1, 0.15) is 0 Å². The van der Waals surface area contributed by atoms with Crippen LogP contribution in [0.15, 0.2) is 0 Å². The van der Waals surface area contributed by atoms with Gasteiger partial charge in [-0.25, -0.2) is 0 Å². The van der Waals surface area contributed by atoms with Crippen LogP contribution in [0.25, 0.3) is 0 Å². The van der Waals surface area contributed by atoms with Crippen LogP contribution in [0.3, 0.4) is 0 Å². The van der Waals surface area contributed by atoms with E-state index in [-0.39, 0.29) is 51.4 Å². The van der Waals surface area contributed by atoms with E-state index in [4.69, 9.17) is 14.9 Å². The first-order valence-corrected chi connectivity index (χ1v) is 4.18. The summed E-state index contributed by atoms with van der Waals surface area (Å²) in [6, 6.07) is 0. The summed E-state index contributed by atoms with van der Waals surface area (Å²) in [5, 5.41) is 10.1. The SMILES string of the molecule is O=C(O)CNCP(=O)(O)O.[KH]. The molecular formula is C3H9KNO5P. The van der Waals surface area contributed by atoms with E-state index in [1.165, 1.54) is 0 Å².